The number of aromatic nitrogens is 1. The van der Waals surface area contributed by atoms with Crippen LogP contribution in [0.2, 0.25) is 0 Å². The Balaban J connectivity index is 1.70. The SMILES string of the molecule is Cc1cc2nc(N(CCN(C)C)C(=O)c3ccc4c(c3)CCCC4)sc2cc1C. The molecule has 0 fully saturated rings. The molecule has 0 bridgehead atoms. The van der Waals surface area contributed by atoms with Gasteiger partial charge < -0.3 is 4.90 Å². The lowest BCUT2D eigenvalue weighted by atomic mass is 9.90. The maximum Gasteiger partial charge on any atom is 0.260 e. The molecule has 0 atom stereocenters. The van der Waals surface area contributed by atoms with Gasteiger partial charge in [0.05, 0.1) is 10.2 Å². The van der Waals surface area contributed by atoms with Crippen LogP contribution in [-0.4, -0.2) is 43.0 Å². The molecular formula is C24H29N3OS. The number of carbonyl (C=O) groups excluding carboxylic acids is 1. The van der Waals surface area contributed by atoms with Gasteiger partial charge in [0, 0.05) is 18.7 Å². The Morgan fingerprint density at radius 1 is 1.00 bits per heavy atom. The van der Waals surface area contributed by atoms with Crippen LogP contribution >= 0.6 is 11.3 Å². The summed E-state index contributed by atoms with van der Waals surface area (Å²) in [6, 6.07) is 10.6. The van der Waals surface area contributed by atoms with Gasteiger partial charge in [-0.05, 0) is 100 Å². The Morgan fingerprint density at radius 3 is 2.48 bits per heavy atom. The van der Waals surface area contributed by atoms with E-state index in [1.165, 1.54) is 35.1 Å². The van der Waals surface area contributed by atoms with Crippen LogP contribution in [0.1, 0.15) is 45.5 Å². The van der Waals surface area contributed by atoms with Crippen LogP contribution in [0.5, 0.6) is 0 Å². The van der Waals surface area contributed by atoms with Crippen LogP contribution in [0, 0.1) is 13.8 Å². The predicted octanol–water partition coefficient (Wildman–Crippen LogP) is 5.00. The molecule has 0 saturated carbocycles. The van der Waals surface area contributed by atoms with Gasteiger partial charge >= 0.3 is 0 Å². The van der Waals surface area contributed by atoms with E-state index in [4.69, 9.17) is 4.98 Å². The van der Waals surface area contributed by atoms with Crippen LogP contribution in [0.4, 0.5) is 5.13 Å². The minimum absolute atomic E-state index is 0.0488. The molecule has 152 valence electrons. The first kappa shape index (κ1) is 20.0. The number of nitrogens with zero attached hydrogens (tertiary/aromatic N) is 3. The summed E-state index contributed by atoms with van der Waals surface area (Å²) in [5.74, 6) is 0.0488. The lowest BCUT2D eigenvalue weighted by Crippen LogP contribution is -2.36. The molecule has 0 saturated heterocycles. The first-order valence-electron chi connectivity index (χ1n) is 10.4. The third-order valence-electron chi connectivity index (χ3n) is 5.83. The second-order valence-corrected chi connectivity index (χ2v) is 9.36. The Morgan fingerprint density at radius 2 is 1.72 bits per heavy atom. The summed E-state index contributed by atoms with van der Waals surface area (Å²) in [6.45, 7) is 5.65. The monoisotopic (exact) mass is 407 g/mol. The molecule has 1 aliphatic carbocycles. The maximum atomic E-state index is 13.5. The molecule has 1 amide bonds. The number of likely N-dealkylation sites (N-methyl/N-ethyl adjacent to an activating group) is 1. The van der Waals surface area contributed by atoms with Crippen molar-refractivity contribution in [2.75, 3.05) is 32.1 Å². The summed E-state index contributed by atoms with van der Waals surface area (Å²) in [5.41, 5.74) is 6.98. The molecule has 4 rings (SSSR count). The predicted molar refractivity (Wildman–Crippen MR) is 122 cm³/mol. The highest BCUT2D eigenvalue weighted by Gasteiger charge is 2.23. The molecule has 0 aliphatic heterocycles. The van der Waals surface area contributed by atoms with E-state index in [0.717, 1.165) is 40.3 Å². The fraction of sp³-hybridized carbons (Fsp3) is 0.417. The molecule has 0 radical (unpaired) electrons. The molecule has 3 aromatic rings. The number of carbonyl (C=O) groups is 1. The number of hydrogen-bond acceptors (Lipinski definition) is 4. The van der Waals surface area contributed by atoms with Gasteiger partial charge in [0.15, 0.2) is 5.13 Å². The fourth-order valence-electron chi connectivity index (χ4n) is 3.89. The summed E-state index contributed by atoms with van der Waals surface area (Å²) < 4.78 is 1.14. The van der Waals surface area contributed by atoms with Crippen molar-refractivity contribution in [3.8, 4) is 0 Å². The van der Waals surface area contributed by atoms with Gasteiger partial charge in [-0.15, -0.1) is 0 Å². The fourth-order valence-corrected chi connectivity index (χ4v) is 4.96. The summed E-state index contributed by atoms with van der Waals surface area (Å²) in [7, 11) is 4.07. The first-order valence-corrected chi connectivity index (χ1v) is 11.2. The Hall–Kier alpha value is -2.24. The van der Waals surface area contributed by atoms with Gasteiger partial charge in [0.1, 0.15) is 0 Å². The average Bonchev–Trinajstić information content (AvgIpc) is 3.10. The largest absolute Gasteiger partial charge is 0.308 e. The van der Waals surface area contributed by atoms with Gasteiger partial charge in [-0.2, -0.15) is 0 Å². The summed E-state index contributed by atoms with van der Waals surface area (Å²) >= 11 is 1.61. The average molecular weight is 408 g/mol. The molecule has 1 heterocycles. The molecular weight excluding hydrogens is 378 g/mol. The van der Waals surface area contributed by atoms with E-state index in [1.807, 2.05) is 25.1 Å². The van der Waals surface area contributed by atoms with Gasteiger partial charge in [-0.3, -0.25) is 9.69 Å². The smallest absolute Gasteiger partial charge is 0.260 e. The normalized spacial score (nSPS) is 13.7. The maximum absolute atomic E-state index is 13.5. The van der Waals surface area contributed by atoms with Crippen molar-refractivity contribution in [1.82, 2.24) is 9.88 Å². The molecule has 1 aliphatic rings. The highest BCUT2D eigenvalue weighted by Crippen LogP contribution is 2.32. The minimum Gasteiger partial charge on any atom is -0.308 e. The van der Waals surface area contributed by atoms with Gasteiger partial charge in [-0.1, -0.05) is 17.4 Å². The lowest BCUT2D eigenvalue weighted by molar-refractivity contribution is 0.0985. The Kier molecular flexibility index (Phi) is 5.70. The zero-order valence-electron chi connectivity index (χ0n) is 17.8. The second-order valence-electron chi connectivity index (χ2n) is 8.35. The van der Waals surface area contributed by atoms with Crippen molar-refractivity contribution < 1.29 is 4.79 Å². The number of hydrogen-bond donors (Lipinski definition) is 0. The first-order chi connectivity index (χ1) is 13.9. The quantitative estimate of drug-likeness (QED) is 0.597. The van der Waals surface area contributed by atoms with E-state index in [9.17, 15) is 4.79 Å². The zero-order valence-corrected chi connectivity index (χ0v) is 18.6. The van der Waals surface area contributed by atoms with Crippen molar-refractivity contribution in [2.24, 2.45) is 0 Å². The van der Waals surface area contributed by atoms with Crippen molar-refractivity contribution in [3.63, 3.8) is 0 Å². The topological polar surface area (TPSA) is 36.4 Å². The molecule has 0 spiro atoms. The second kappa shape index (κ2) is 8.25. The molecule has 2 aromatic carbocycles. The lowest BCUT2D eigenvalue weighted by Gasteiger charge is -2.23. The number of benzene rings is 2. The van der Waals surface area contributed by atoms with Crippen LogP contribution < -0.4 is 4.90 Å². The molecule has 4 nitrogen and oxygen atoms in total. The van der Waals surface area contributed by atoms with Crippen LogP contribution in [0.25, 0.3) is 10.2 Å². The third-order valence-corrected chi connectivity index (χ3v) is 6.88. The van der Waals surface area contributed by atoms with Gasteiger partial charge in [0.25, 0.3) is 5.91 Å². The van der Waals surface area contributed by atoms with E-state index < -0.39 is 0 Å². The van der Waals surface area contributed by atoms with E-state index >= 15 is 0 Å². The van der Waals surface area contributed by atoms with E-state index in [1.54, 1.807) is 11.3 Å². The van der Waals surface area contributed by atoms with Crippen LogP contribution in [0.15, 0.2) is 30.3 Å². The number of anilines is 1. The highest BCUT2D eigenvalue weighted by molar-refractivity contribution is 7.22. The minimum atomic E-state index is 0.0488. The zero-order chi connectivity index (χ0) is 20.5. The number of aryl methyl sites for hydroxylation is 4. The number of fused-ring (bicyclic) bond motifs is 2. The number of thiazole rings is 1. The van der Waals surface area contributed by atoms with Crippen LogP contribution in [-0.2, 0) is 12.8 Å². The van der Waals surface area contributed by atoms with E-state index in [2.05, 4.69) is 43.0 Å². The Bertz CT molecular complexity index is 1010. The standard InChI is InChI=1S/C24H29N3OS/c1-16-13-21-22(14-17(16)2)29-24(25-21)27(12-11-26(3)4)23(28)20-10-9-18-7-5-6-8-19(18)15-20/h9-10,13-15H,5-8,11-12H2,1-4H3. The van der Waals surface area contributed by atoms with Gasteiger partial charge in [-0.25, -0.2) is 4.98 Å². The van der Waals surface area contributed by atoms with E-state index in [-0.39, 0.29) is 5.91 Å². The molecule has 0 unspecified atom stereocenters. The van der Waals surface area contributed by atoms with Crippen molar-refractivity contribution >= 4 is 32.6 Å². The number of amides is 1. The molecule has 29 heavy (non-hydrogen) atoms. The van der Waals surface area contributed by atoms with Crippen molar-refractivity contribution in [1.29, 1.82) is 0 Å². The summed E-state index contributed by atoms with van der Waals surface area (Å²) in [6.07, 6.45) is 4.67. The van der Waals surface area contributed by atoms with Crippen molar-refractivity contribution in [3.05, 3.63) is 58.1 Å². The van der Waals surface area contributed by atoms with Gasteiger partial charge in [0.2, 0.25) is 0 Å². The molecule has 5 heteroatoms. The van der Waals surface area contributed by atoms with Crippen molar-refractivity contribution in [2.45, 2.75) is 39.5 Å². The van der Waals surface area contributed by atoms with E-state index in [0.29, 0.717) is 6.54 Å². The third kappa shape index (κ3) is 4.21. The molecule has 0 N–H and O–H groups in total. The molecule has 1 aromatic heterocycles. The highest BCUT2D eigenvalue weighted by atomic mass is 32.1. The van der Waals surface area contributed by atoms with Crippen LogP contribution in [0.3, 0.4) is 0 Å². The summed E-state index contributed by atoms with van der Waals surface area (Å²) in [4.78, 5) is 22.3. The Labute approximate surface area is 177 Å². The summed E-state index contributed by atoms with van der Waals surface area (Å²) in [5, 5.41) is 0.787. The number of rotatable bonds is 5.